The first kappa shape index (κ1) is 19.8. The lowest BCUT2D eigenvalue weighted by Gasteiger charge is -2.14. The van der Waals surface area contributed by atoms with Gasteiger partial charge in [-0.25, -0.2) is 9.97 Å². The van der Waals surface area contributed by atoms with Crippen LogP contribution in [0.5, 0.6) is 5.88 Å². The molecule has 2 aromatic heterocycles. The van der Waals surface area contributed by atoms with E-state index in [1.807, 2.05) is 6.92 Å². The van der Waals surface area contributed by atoms with E-state index in [2.05, 4.69) is 26.8 Å². The zero-order chi connectivity index (χ0) is 20.1. The van der Waals surface area contributed by atoms with Crippen molar-refractivity contribution in [2.45, 2.75) is 19.4 Å². The van der Waals surface area contributed by atoms with Crippen LogP contribution in [0.2, 0.25) is 0 Å². The molecule has 1 aliphatic rings. The topological polar surface area (TPSA) is 109 Å². The molecule has 9 heteroatoms. The highest BCUT2D eigenvalue weighted by Crippen LogP contribution is 2.20. The molecule has 9 nitrogen and oxygen atoms in total. The van der Waals surface area contributed by atoms with Crippen molar-refractivity contribution in [3.8, 4) is 5.88 Å². The number of carbonyl (C=O) groups is 2. The summed E-state index contributed by atoms with van der Waals surface area (Å²) in [6, 6.07) is -0.126. The molecule has 0 spiro atoms. The van der Waals surface area contributed by atoms with Gasteiger partial charge in [-0.15, -0.1) is 0 Å². The Balaban J connectivity index is 1.64. The van der Waals surface area contributed by atoms with Gasteiger partial charge in [-0.2, -0.15) is 0 Å². The van der Waals surface area contributed by atoms with E-state index in [4.69, 9.17) is 9.47 Å². The van der Waals surface area contributed by atoms with Crippen LogP contribution in [-0.2, 0) is 9.53 Å². The molecule has 3 rings (SSSR count). The van der Waals surface area contributed by atoms with E-state index in [9.17, 15) is 9.59 Å². The van der Waals surface area contributed by atoms with Crippen molar-refractivity contribution in [1.29, 1.82) is 0 Å². The number of aromatic amines is 1. The van der Waals surface area contributed by atoms with Crippen molar-refractivity contribution in [1.82, 2.24) is 25.2 Å². The van der Waals surface area contributed by atoms with Crippen molar-refractivity contribution in [3.05, 3.63) is 30.6 Å². The number of aromatic nitrogens is 3. The quantitative estimate of drug-likeness (QED) is 0.658. The van der Waals surface area contributed by atoms with Gasteiger partial charge in [0.2, 0.25) is 11.8 Å². The molecule has 0 radical (unpaired) electrons. The number of hydrogen-bond acceptors (Lipinski definition) is 6. The zero-order valence-corrected chi connectivity index (χ0v) is 16.1. The second-order valence-corrected chi connectivity index (χ2v) is 6.89. The summed E-state index contributed by atoms with van der Waals surface area (Å²) in [5.41, 5.74) is 1.37. The van der Waals surface area contributed by atoms with E-state index in [0.29, 0.717) is 48.9 Å². The SMILES string of the molecule is C=CC(=O)N1CC[C@@H](COc2cnc3[nH]cc(C(=O)N[C@H](C)COC)c3n2)C1. The van der Waals surface area contributed by atoms with Crippen LogP contribution in [0, 0.1) is 5.92 Å². The van der Waals surface area contributed by atoms with E-state index in [1.54, 1.807) is 18.2 Å². The van der Waals surface area contributed by atoms with Crippen molar-refractivity contribution in [2.75, 3.05) is 33.4 Å². The molecule has 2 amide bonds. The predicted molar refractivity (Wildman–Crippen MR) is 103 cm³/mol. The van der Waals surface area contributed by atoms with Crippen molar-refractivity contribution in [3.63, 3.8) is 0 Å². The van der Waals surface area contributed by atoms with Gasteiger partial charge >= 0.3 is 0 Å². The largest absolute Gasteiger partial charge is 0.476 e. The van der Waals surface area contributed by atoms with Crippen LogP contribution >= 0.6 is 0 Å². The Hall–Kier alpha value is -2.94. The fraction of sp³-hybridized carbons (Fsp3) is 0.474. The summed E-state index contributed by atoms with van der Waals surface area (Å²) in [4.78, 5) is 37.6. The molecular weight excluding hydrogens is 362 g/mol. The Morgan fingerprint density at radius 2 is 2.36 bits per heavy atom. The Labute approximate surface area is 163 Å². The monoisotopic (exact) mass is 387 g/mol. The van der Waals surface area contributed by atoms with Gasteiger partial charge in [-0.3, -0.25) is 9.59 Å². The lowest BCUT2D eigenvalue weighted by molar-refractivity contribution is -0.125. The molecule has 0 aromatic carbocycles. The Kier molecular flexibility index (Phi) is 6.25. The summed E-state index contributed by atoms with van der Waals surface area (Å²) in [6.45, 7) is 7.55. The van der Waals surface area contributed by atoms with Gasteiger partial charge in [0.15, 0.2) is 5.65 Å². The summed E-state index contributed by atoms with van der Waals surface area (Å²) < 4.78 is 10.8. The fourth-order valence-electron chi connectivity index (χ4n) is 3.21. The van der Waals surface area contributed by atoms with E-state index in [0.717, 1.165) is 6.42 Å². The number of nitrogens with zero attached hydrogens (tertiary/aromatic N) is 3. The molecule has 3 heterocycles. The Morgan fingerprint density at radius 3 is 3.11 bits per heavy atom. The number of ether oxygens (including phenoxy) is 2. The maximum Gasteiger partial charge on any atom is 0.255 e. The number of hydrogen-bond donors (Lipinski definition) is 2. The molecule has 1 fully saturated rings. The van der Waals surface area contributed by atoms with Gasteiger partial charge in [0.25, 0.3) is 5.91 Å². The zero-order valence-electron chi connectivity index (χ0n) is 16.1. The maximum atomic E-state index is 12.5. The van der Waals surface area contributed by atoms with Crippen molar-refractivity contribution >= 4 is 23.0 Å². The smallest absolute Gasteiger partial charge is 0.255 e. The minimum Gasteiger partial charge on any atom is -0.476 e. The summed E-state index contributed by atoms with van der Waals surface area (Å²) in [5, 5.41) is 2.85. The second kappa shape index (κ2) is 8.83. The minimum absolute atomic E-state index is 0.0608. The number of H-pyrrole nitrogens is 1. The predicted octanol–water partition coefficient (Wildman–Crippen LogP) is 1.14. The molecule has 0 aliphatic carbocycles. The normalized spacial score (nSPS) is 17.5. The third-order valence-electron chi connectivity index (χ3n) is 4.64. The molecule has 2 atom stereocenters. The number of carbonyl (C=O) groups excluding carboxylic acids is 2. The van der Waals surface area contributed by atoms with Crippen LogP contribution in [0.4, 0.5) is 0 Å². The van der Waals surface area contributed by atoms with Gasteiger partial charge in [-0.05, 0) is 19.4 Å². The van der Waals surface area contributed by atoms with Crippen LogP contribution in [0.3, 0.4) is 0 Å². The molecule has 2 aromatic rings. The molecule has 0 bridgehead atoms. The molecule has 1 aliphatic heterocycles. The number of methoxy groups -OCH3 is 1. The summed E-state index contributed by atoms with van der Waals surface area (Å²) in [7, 11) is 1.58. The van der Waals surface area contributed by atoms with Crippen LogP contribution in [0.25, 0.3) is 11.2 Å². The first-order valence-corrected chi connectivity index (χ1v) is 9.20. The molecule has 0 saturated carbocycles. The molecule has 28 heavy (non-hydrogen) atoms. The molecule has 0 unspecified atom stereocenters. The highest BCUT2D eigenvalue weighted by atomic mass is 16.5. The van der Waals surface area contributed by atoms with Gasteiger partial charge in [0.05, 0.1) is 25.0 Å². The number of fused-ring (bicyclic) bond motifs is 1. The third-order valence-corrected chi connectivity index (χ3v) is 4.64. The standard InChI is InChI=1S/C19H25N5O4/c1-4-16(25)24-6-5-13(9-24)11-28-15-8-21-18-17(23-15)14(7-20-18)19(26)22-12(2)10-27-3/h4,7-8,12-13H,1,5-6,9-11H2,2-3H3,(H,20,21)(H,22,26)/t12-,13-/m1/s1. The van der Waals surface area contributed by atoms with E-state index in [-0.39, 0.29) is 23.8 Å². The Bertz CT molecular complexity index is 865. The summed E-state index contributed by atoms with van der Waals surface area (Å²) >= 11 is 0. The van der Waals surface area contributed by atoms with Crippen molar-refractivity contribution in [2.24, 2.45) is 5.92 Å². The minimum atomic E-state index is -0.253. The van der Waals surface area contributed by atoms with Gasteiger partial charge < -0.3 is 24.7 Å². The first-order chi connectivity index (χ1) is 13.5. The molecule has 150 valence electrons. The Morgan fingerprint density at radius 1 is 1.54 bits per heavy atom. The van der Waals surface area contributed by atoms with E-state index < -0.39 is 0 Å². The van der Waals surface area contributed by atoms with Crippen LogP contribution < -0.4 is 10.1 Å². The summed E-state index contributed by atoms with van der Waals surface area (Å²) in [6.07, 6.45) is 5.30. The van der Waals surface area contributed by atoms with Gasteiger partial charge in [0.1, 0.15) is 5.52 Å². The van der Waals surface area contributed by atoms with Crippen LogP contribution in [0.1, 0.15) is 23.7 Å². The summed E-state index contributed by atoms with van der Waals surface area (Å²) in [5.74, 6) is 0.260. The number of nitrogens with one attached hydrogen (secondary N) is 2. The average molecular weight is 387 g/mol. The lowest BCUT2D eigenvalue weighted by atomic mass is 10.1. The molecular formula is C19H25N5O4. The highest BCUT2D eigenvalue weighted by molar-refractivity contribution is 6.04. The maximum absolute atomic E-state index is 12.5. The number of amides is 2. The first-order valence-electron chi connectivity index (χ1n) is 9.20. The third kappa shape index (κ3) is 4.48. The molecule has 1 saturated heterocycles. The number of rotatable bonds is 8. The van der Waals surface area contributed by atoms with Gasteiger partial charge in [-0.1, -0.05) is 6.58 Å². The lowest BCUT2D eigenvalue weighted by Crippen LogP contribution is -2.35. The van der Waals surface area contributed by atoms with Crippen molar-refractivity contribution < 1.29 is 19.1 Å². The number of likely N-dealkylation sites (tertiary alicyclic amines) is 1. The average Bonchev–Trinajstić information content (AvgIpc) is 3.32. The second-order valence-electron chi connectivity index (χ2n) is 6.89. The molecule has 2 N–H and O–H groups in total. The van der Waals surface area contributed by atoms with Crippen LogP contribution in [0.15, 0.2) is 25.0 Å². The van der Waals surface area contributed by atoms with Crippen LogP contribution in [-0.4, -0.2) is 71.1 Å². The van der Waals surface area contributed by atoms with Gasteiger partial charge in [0, 0.05) is 38.4 Å². The van der Waals surface area contributed by atoms with E-state index >= 15 is 0 Å². The van der Waals surface area contributed by atoms with E-state index in [1.165, 1.54) is 12.3 Å². The highest BCUT2D eigenvalue weighted by Gasteiger charge is 2.25. The fourth-order valence-corrected chi connectivity index (χ4v) is 3.21.